The van der Waals surface area contributed by atoms with Crippen LogP contribution in [-0.4, -0.2) is 30.7 Å². The molecule has 0 bridgehead atoms. The van der Waals surface area contributed by atoms with Crippen LogP contribution in [0.1, 0.15) is 26.7 Å². The van der Waals surface area contributed by atoms with Gasteiger partial charge in [0.25, 0.3) is 0 Å². The molecule has 1 saturated heterocycles. The van der Waals surface area contributed by atoms with E-state index in [0.717, 1.165) is 17.0 Å². The molecular weight excluding hydrogens is 284 g/mol. The van der Waals surface area contributed by atoms with E-state index in [2.05, 4.69) is 5.32 Å². The molecule has 21 heavy (non-hydrogen) atoms. The summed E-state index contributed by atoms with van der Waals surface area (Å²) in [5, 5.41) is 2.96. The first kappa shape index (κ1) is 15.9. The molecule has 1 aliphatic heterocycles. The van der Waals surface area contributed by atoms with Gasteiger partial charge >= 0.3 is 0 Å². The molecule has 5 heteroatoms. The number of hydrogen-bond donors (Lipinski definition) is 1. The zero-order valence-electron chi connectivity index (χ0n) is 12.8. The lowest BCUT2D eigenvalue weighted by Crippen LogP contribution is -2.38. The van der Waals surface area contributed by atoms with Gasteiger partial charge in [-0.05, 0) is 37.8 Å². The number of nitrogens with zero attached hydrogens (tertiary/aromatic N) is 1. The summed E-state index contributed by atoms with van der Waals surface area (Å²) in [6.07, 6.45) is 3.20. The first-order valence-corrected chi connectivity index (χ1v) is 8.52. The second-order valence-corrected chi connectivity index (χ2v) is 6.30. The largest absolute Gasteiger partial charge is 0.353 e. The zero-order valence-corrected chi connectivity index (χ0v) is 13.6. The molecule has 1 aromatic rings. The van der Waals surface area contributed by atoms with Gasteiger partial charge in [-0.3, -0.25) is 9.59 Å². The van der Waals surface area contributed by atoms with E-state index in [4.69, 9.17) is 0 Å². The van der Waals surface area contributed by atoms with Crippen LogP contribution in [0, 0.1) is 5.92 Å². The maximum atomic E-state index is 12.2. The number of rotatable bonds is 5. The van der Waals surface area contributed by atoms with Crippen molar-refractivity contribution in [3.05, 3.63) is 24.3 Å². The van der Waals surface area contributed by atoms with Crippen LogP contribution in [0.5, 0.6) is 0 Å². The molecule has 2 rings (SSSR count). The maximum Gasteiger partial charge on any atom is 0.227 e. The highest BCUT2D eigenvalue weighted by Gasteiger charge is 2.35. The lowest BCUT2D eigenvalue weighted by molar-refractivity contribution is -0.126. The highest BCUT2D eigenvalue weighted by Crippen LogP contribution is 2.28. The summed E-state index contributed by atoms with van der Waals surface area (Å²) in [7, 11) is 0. The van der Waals surface area contributed by atoms with Crippen LogP contribution in [0.4, 0.5) is 5.69 Å². The molecule has 0 radical (unpaired) electrons. The standard InChI is InChI=1S/C16H22N2O2S/c1-4-11(2)17-16(20)12-8-15(19)18(10-12)13-6-5-7-14(9-13)21-3/h5-7,9,11-12H,4,8,10H2,1-3H3,(H,17,20). The van der Waals surface area contributed by atoms with E-state index >= 15 is 0 Å². The molecular formula is C16H22N2O2S. The molecule has 2 amide bonds. The van der Waals surface area contributed by atoms with Gasteiger partial charge in [0, 0.05) is 29.6 Å². The third-order valence-electron chi connectivity index (χ3n) is 3.86. The minimum Gasteiger partial charge on any atom is -0.353 e. The predicted molar refractivity (Wildman–Crippen MR) is 86.6 cm³/mol. The molecule has 1 fully saturated rings. The molecule has 2 atom stereocenters. The van der Waals surface area contributed by atoms with Gasteiger partial charge < -0.3 is 10.2 Å². The first-order valence-electron chi connectivity index (χ1n) is 7.30. The molecule has 0 aliphatic carbocycles. The third-order valence-corrected chi connectivity index (χ3v) is 4.59. The Balaban J connectivity index is 2.07. The Morgan fingerprint density at radius 1 is 1.52 bits per heavy atom. The highest BCUT2D eigenvalue weighted by molar-refractivity contribution is 7.98. The molecule has 0 aromatic heterocycles. The van der Waals surface area contributed by atoms with Crippen LogP contribution in [-0.2, 0) is 9.59 Å². The van der Waals surface area contributed by atoms with Crippen molar-refractivity contribution in [1.82, 2.24) is 5.32 Å². The number of hydrogen-bond acceptors (Lipinski definition) is 3. The van der Waals surface area contributed by atoms with Crippen molar-refractivity contribution in [2.75, 3.05) is 17.7 Å². The summed E-state index contributed by atoms with van der Waals surface area (Å²) in [6.45, 7) is 4.48. The topological polar surface area (TPSA) is 49.4 Å². The lowest BCUT2D eigenvalue weighted by Gasteiger charge is -2.18. The van der Waals surface area contributed by atoms with E-state index in [1.54, 1.807) is 16.7 Å². The SMILES string of the molecule is CCC(C)NC(=O)C1CC(=O)N(c2cccc(SC)c2)C1. The Labute approximate surface area is 130 Å². The fourth-order valence-corrected chi connectivity index (χ4v) is 2.83. The van der Waals surface area contributed by atoms with Gasteiger partial charge in [-0.25, -0.2) is 0 Å². The quantitative estimate of drug-likeness (QED) is 0.851. The van der Waals surface area contributed by atoms with Gasteiger partial charge in [0.15, 0.2) is 0 Å². The average molecular weight is 306 g/mol. The molecule has 0 saturated carbocycles. The smallest absolute Gasteiger partial charge is 0.227 e. The normalized spacial score (nSPS) is 19.7. The van der Waals surface area contributed by atoms with Crippen LogP contribution in [0.2, 0.25) is 0 Å². The Hall–Kier alpha value is -1.49. The molecule has 1 aliphatic rings. The van der Waals surface area contributed by atoms with Crippen molar-refractivity contribution in [3.63, 3.8) is 0 Å². The molecule has 1 aromatic carbocycles. The maximum absolute atomic E-state index is 12.2. The van der Waals surface area contributed by atoms with Crippen molar-refractivity contribution >= 4 is 29.3 Å². The second-order valence-electron chi connectivity index (χ2n) is 5.42. The minimum absolute atomic E-state index is 0.0128. The number of nitrogens with one attached hydrogen (secondary N) is 1. The number of amides is 2. The van der Waals surface area contributed by atoms with Gasteiger partial charge in [0.2, 0.25) is 11.8 Å². The molecule has 114 valence electrons. The number of anilines is 1. The van der Waals surface area contributed by atoms with Crippen LogP contribution in [0.3, 0.4) is 0 Å². The summed E-state index contributed by atoms with van der Waals surface area (Å²) < 4.78 is 0. The molecule has 1 N–H and O–H groups in total. The third kappa shape index (κ3) is 3.79. The van der Waals surface area contributed by atoms with Crippen molar-refractivity contribution in [3.8, 4) is 0 Å². The summed E-state index contributed by atoms with van der Waals surface area (Å²) in [4.78, 5) is 27.2. The molecule has 1 heterocycles. The second kappa shape index (κ2) is 6.98. The number of carbonyl (C=O) groups excluding carboxylic acids is 2. The van der Waals surface area contributed by atoms with E-state index in [9.17, 15) is 9.59 Å². The fourth-order valence-electron chi connectivity index (χ4n) is 2.37. The number of thioether (sulfide) groups is 1. The van der Waals surface area contributed by atoms with Gasteiger partial charge in [-0.2, -0.15) is 0 Å². The molecule has 0 spiro atoms. The first-order chi connectivity index (χ1) is 10.0. The Morgan fingerprint density at radius 2 is 2.29 bits per heavy atom. The van der Waals surface area contributed by atoms with E-state index in [1.807, 2.05) is 44.4 Å². The van der Waals surface area contributed by atoms with Crippen molar-refractivity contribution in [2.45, 2.75) is 37.6 Å². The Kier molecular flexibility index (Phi) is 5.28. The summed E-state index contributed by atoms with van der Waals surface area (Å²) in [6, 6.07) is 8.04. The summed E-state index contributed by atoms with van der Waals surface area (Å²) >= 11 is 1.64. The van der Waals surface area contributed by atoms with Crippen molar-refractivity contribution < 1.29 is 9.59 Å². The van der Waals surface area contributed by atoms with Gasteiger partial charge in [-0.1, -0.05) is 13.0 Å². The predicted octanol–water partition coefficient (Wildman–Crippen LogP) is 2.68. The molecule has 4 nitrogen and oxygen atoms in total. The van der Waals surface area contributed by atoms with E-state index in [1.165, 1.54) is 0 Å². The van der Waals surface area contributed by atoms with Gasteiger partial charge in [0.05, 0.1) is 5.92 Å². The monoisotopic (exact) mass is 306 g/mol. The number of benzene rings is 1. The average Bonchev–Trinajstić information content (AvgIpc) is 2.89. The Morgan fingerprint density at radius 3 is 2.95 bits per heavy atom. The lowest BCUT2D eigenvalue weighted by atomic mass is 10.1. The van der Waals surface area contributed by atoms with Crippen molar-refractivity contribution in [2.24, 2.45) is 5.92 Å². The fraction of sp³-hybridized carbons (Fsp3) is 0.500. The van der Waals surface area contributed by atoms with E-state index in [0.29, 0.717) is 13.0 Å². The van der Waals surface area contributed by atoms with Crippen LogP contribution in [0.25, 0.3) is 0 Å². The van der Waals surface area contributed by atoms with Crippen LogP contribution >= 0.6 is 11.8 Å². The van der Waals surface area contributed by atoms with Gasteiger partial charge in [0.1, 0.15) is 0 Å². The molecule has 2 unspecified atom stereocenters. The minimum atomic E-state index is -0.246. The van der Waals surface area contributed by atoms with Crippen LogP contribution < -0.4 is 10.2 Å². The van der Waals surface area contributed by atoms with Crippen LogP contribution in [0.15, 0.2) is 29.2 Å². The summed E-state index contributed by atoms with van der Waals surface area (Å²) in [5.41, 5.74) is 0.880. The van der Waals surface area contributed by atoms with Crippen molar-refractivity contribution in [1.29, 1.82) is 0 Å². The van der Waals surface area contributed by atoms with E-state index in [-0.39, 0.29) is 23.8 Å². The number of carbonyl (C=O) groups is 2. The zero-order chi connectivity index (χ0) is 15.4. The van der Waals surface area contributed by atoms with Gasteiger partial charge in [-0.15, -0.1) is 11.8 Å². The van der Waals surface area contributed by atoms with E-state index < -0.39 is 0 Å². The Bertz CT molecular complexity index is 533. The highest BCUT2D eigenvalue weighted by atomic mass is 32.2. The summed E-state index contributed by atoms with van der Waals surface area (Å²) in [5.74, 6) is -0.233.